The summed E-state index contributed by atoms with van der Waals surface area (Å²) in [6.45, 7) is 1.40. The summed E-state index contributed by atoms with van der Waals surface area (Å²) in [5.74, 6) is 7.44. The Hall–Kier alpha value is -3.33. The lowest BCUT2D eigenvalue weighted by Gasteiger charge is -2.28. The van der Waals surface area contributed by atoms with E-state index in [1.54, 1.807) is 19.4 Å². The summed E-state index contributed by atoms with van der Waals surface area (Å²) >= 11 is 0. The monoisotopic (exact) mass is 349 g/mol. The van der Waals surface area contributed by atoms with Gasteiger partial charge in [-0.05, 0) is 43.2 Å². The summed E-state index contributed by atoms with van der Waals surface area (Å²) in [6.07, 6.45) is 5.18. The third-order valence-corrected chi connectivity index (χ3v) is 4.23. The van der Waals surface area contributed by atoms with Gasteiger partial charge in [0, 0.05) is 30.9 Å². The van der Waals surface area contributed by atoms with Crippen molar-refractivity contribution in [2.45, 2.75) is 12.8 Å². The van der Waals surface area contributed by atoms with Crippen molar-refractivity contribution >= 4 is 11.5 Å². The van der Waals surface area contributed by atoms with Gasteiger partial charge in [-0.1, -0.05) is 23.5 Å². The summed E-state index contributed by atoms with van der Waals surface area (Å²) in [7, 11) is 1.63. The molecule has 2 aromatic rings. The van der Waals surface area contributed by atoms with E-state index in [2.05, 4.69) is 16.8 Å². The highest BCUT2D eigenvalue weighted by atomic mass is 16.6. The summed E-state index contributed by atoms with van der Waals surface area (Å²) in [5.41, 5.74) is 2.20. The van der Waals surface area contributed by atoms with Crippen LogP contribution in [0, 0.1) is 22.0 Å². The lowest BCUT2D eigenvalue weighted by atomic mass is 10.0. The minimum absolute atomic E-state index is 0.0535. The van der Waals surface area contributed by atoms with Crippen LogP contribution in [0.2, 0.25) is 0 Å². The molecule has 1 aliphatic rings. The normalized spacial score (nSPS) is 13.6. The molecule has 0 N–H and O–H groups in total. The van der Waals surface area contributed by atoms with Crippen LogP contribution in [0.25, 0.3) is 0 Å². The van der Waals surface area contributed by atoms with E-state index < -0.39 is 0 Å². The van der Waals surface area contributed by atoms with Crippen molar-refractivity contribution in [1.82, 2.24) is 4.98 Å². The van der Waals surface area contributed by atoms with Crippen LogP contribution in [-0.4, -0.2) is 30.1 Å². The predicted molar refractivity (Wildman–Crippen MR) is 100 cm³/mol. The minimum Gasteiger partial charge on any atom is -0.497 e. The van der Waals surface area contributed by atoms with Crippen molar-refractivity contribution in [3.8, 4) is 17.6 Å². The largest absolute Gasteiger partial charge is 0.497 e. The van der Waals surface area contributed by atoms with E-state index in [-0.39, 0.29) is 10.6 Å². The molecule has 6 heteroatoms. The molecule has 0 unspecified atom stereocenters. The Morgan fingerprint density at radius 3 is 2.81 bits per heavy atom. The van der Waals surface area contributed by atoms with E-state index in [9.17, 15) is 10.1 Å². The van der Waals surface area contributed by atoms with Gasteiger partial charge < -0.3 is 9.64 Å². The van der Waals surface area contributed by atoms with Crippen LogP contribution < -0.4 is 9.64 Å². The zero-order valence-electron chi connectivity index (χ0n) is 14.5. The van der Waals surface area contributed by atoms with E-state index >= 15 is 0 Å². The molecule has 0 amide bonds. The van der Waals surface area contributed by atoms with Gasteiger partial charge in [0.1, 0.15) is 5.75 Å². The Balaban J connectivity index is 1.65. The van der Waals surface area contributed by atoms with E-state index in [1.165, 1.54) is 11.6 Å². The third-order valence-electron chi connectivity index (χ3n) is 4.23. The SMILES string of the molecule is COc1cccc(C#CC=C2CCN(c3ncccc3[N+](=O)[O-])CC2)c1. The molecule has 2 heterocycles. The molecule has 6 nitrogen and oxygen atoms in total. The molecule has 1 aromatic heterocycles. The summed E-state index contributed by atoms with van der Waals surface area (Å²) < 4.78 is 5.19. The Bertz CT molecular complexity index is 886. The number of hydrogen-bond acceptors (Lipinski definition) is 5. The molecule has 1 fully saturated rings. The van der Waals surface area contributed by atoms with Crippen molar-refractivity contribution in [1.29, 1.82) is 0 Å². The Morgan fingerprint density at radius 2 is 2.08 bits per heavy atom. The number of benzene rings is 1. The maximum absolute atomic E-state index is 11.2. The van der Waals surface area contributed by atoms with Gasteiger partial charge >= 0.3 is 5.69 Å². The van der Waals surface area contributed by atoms with Crippen molar-refractivity contribution in [3.05, 3.63) is 69.9 Å². The number of aromatic nitrogens is 1. The second-order valence-corrected chi connectivity index (χ2v) is 5.89. The van der Waals surface area contributed by atoms with Gasteiger partial charge in [-0.25, -0.2) is 4.98 Å². The number of hydrogen-bond donors (Lipinski definition) is 0. The fourth-order valence-corrected chi connectivity index (χ4v) is 2.85. The first-order valence-corrected chi connectivity index (χ1v) is 8.35. The van der Waals surface area contributed by atoms with Crippen molar-refractivity contribution in [3.63, 3.8) is 0 Å². The lowest BCUT2D eigenvalue weighted by Crippen LogP contribution is -2.31. The number of nitro groups is 1. The topological polar surface area (TPSA) is 68.5 Å². The Labute approximate surface area is 152 Å². The van der Waals surface area contributed by atoms with Crippen molar-refractivity contribution < 1.29 is 9.66 Å². The van der Waals surface area contributed by atoms with Gasteiger partial charge in [-0.2, -0.15) is 0 Å². The Morgan fingerprint density at radius 1 is 1.27 bits per heavy atom. The molecule has 0 aliphatic carbocycles. The van der Waals surface area contributed by atoms with E-state index in [1.807, 2.05) is 35.2 Å². The minimum atomic E-state index is -0.382. The number of nitrogens with zero attached hydrogens (tertiary/aromatic N) is 3. The van der Waals surface area contributed by atoms with Crippen LogP contribution >= 0.6 is 0 Å². The van der Waals surface area contributed by atoms with Crippen LogP contribution in [0.3, 0.4) is 0 Å². The molecule has 1 aromatic carbocycles. The fraction of sp³-hybridized carbons (Fsp3) is 0.250. The maximum atomic E-state index is 11.2. The molecular formula is C20H19N3O3. The number of rotatable bonds is 3. The number of methoxy groups -OCH3 is 1. The fourth-order valence-electron chi connectivity index (χ4n) is 2.85. The molecule has 0 radical (unpaired) electrons. The van der Waals surface area contributed by atoms with Gasteiger partial charge in [-0.15, -0.1) is 0 Å². The van der Waals surface area contributed by atoms with E-state index in [4.69, 9.17) is 4.74 Å². The molecule has 132 valence electrons. The van der Waals surface area contributed by atoms with Crippen LogP contribution in [0.4, 0.5) is 11.5 Å². The summed E-state index contributed by atoms with van der Waals surface area (Å²) in [5, 5.41) is 11.2. The highest BCUT2D eigenvalue weighted by Crippen LogP contribution is 2.28. The molecular weight excluding hydrogens is 330 g/mol. The molecule has 3 rings (SSSR count). The van der Waals surface area contributed by atoms with Crippen LogP contribution in [-0.2, 0) is 0 Å². The summed E-state index contributed by atoms with van der Waals surface area (Å²) in [4.78, 5) is 16.9. The summed E-state index contributed by atoms with van der Waals surface area (Å²) in [6, 6.07) is 10.7. The second kappa shape index (κ2) is 8.17. The average Bonchev–Trinajstić information content (AvgIpc) is 2.68. The number of ether oxygens (including phenoxy) is 1. The van der Waals surface area contributed by atoms with Crippen LogP contribution in [0.15, 0.2) is 54.2 Å². The zero-order chi connectivity index (χ0) is 18.4. The first-order valence-electron chi connectivity index (χ1n) is 8.35. The smallest absolute Gasteiger partial charge is 0.311 e. The molecule has 1 saturated heterocycles. The van der Waals surface area contributed by atoms with Gasteiger partial charge in [-0.3, -0.25) is 10.1 Å². The lowest BCUT2D eigenvalue weighted by molar-refractivity contribution is -0.384. The van der Waals surface area contributed by atoms with Gasteiger partial charge in [0.05, 0.1) is 12.0 Å². The van der Waals surface area contributed by atoms with E-state index in [0.717, 1.165) is 24.2 Å². The average molecular weight is 349 g/mol. The number of anilines is 1. The molecule has 0 saturated carbocycles. The highest BCUT2D eigenvalue weighted by Gasteiger charge is 2.23. The first-order chi connectivity index (χ1) is 12.7. The number of allylic oxidation sites excluding steroid dienone is 1. The third kappa shape index (κ3) is 4.19. The zero-order valence-corrected chi connectivity index (χ0v) is 14.5. The van der Waals surface area contributed by atoms with Crippen molar-refractivity contribution in [2.24, 2.45) is 0 Å². The predicted octanol–water partition coefficient (Wildman–Crippen LogP) is 3.58. The van der Waals surface area contributed by atoms with Gasteiger partial charge in [0.25, 0.3) is 0 Å². The number of pyridine rings is 1. The van der Waals surface area contributed by atoms with Gasteiger partial charge in [0.2, 0.25) is 5.82 Å². The molecule has 0 spiro atoms. The van der Waals surface area contributed by atoms with Crippen LogP contribution in [0.5, 0.6) is 5.75 Å². The second-order valence-electron chi connectivity index (χ2n) is 5.89. The standard InChI is InChI=1S/C20H19N3O3/c1-26-18-8-3-7-17(15-18)6-2-5-16-10-13-22(14-11-16)20-19(23(24)25)9-4-12-21-20/h3-5,7-9,12,15H,10-11,13-14H2,1H3. The quantitative estimate of drug-likeness (QED) is 0.481. The van der Waals surface area contributed by atoms with Gasteiger partial charge in [0.15, 0.2) is 0 Å². The van der Waals surface area contributed by atoms with E-state index in [0.29, 0.717) is 18.9 Å². The maximum Gasteiger partial charge on any atom is 0.311 e. The Kier molecular flexibility index (Phi) is 5.49. The first kappa shape index (κ1) is 17.5. The molecule has 26 heavy (non-hydrogen) atoms. The number of piperidine rings is 1. The highest BCUT2D eigenvalue weighted by molar-refractivity contribution is 5.58. The van der Waals surface area contributed by atoms with Crippen molar-refractivity contribution in [2.75, 3.05) is 25.1 Å². The van der Waals surface area contributed by atoms with Crippen LogP contribution in [0.1, 0.15) is 18.4 Å². The molecule has 1 aliphatic heterocycles. The molecule has 0 atom stereocenters. The molecule has 0 bridgehead atoms.